The molecule has 3 rings (SSSR count). The van der Waals surface area contributed by atoms with Crippen molar-refractivity contribution in [3.63, 3.8) is 0 Å². The van der Waals surface area contributed by atoms with Crippen molar-refractivity contribution in [1.82, 2.24) is 10.2 Å². The average molecular weight is 571 g/mol. The average Bonchev–Trinajstić information content (AvgIpc) is 2.95. The zero-order valence-electron chi connectivity index (χ0n) is 22.2. The van der Waals surface area contributed by atoms with E-state index in [4.69, 9.17) is 0 Å². The molecule has 0 bridgehead atoms. The van der Waals surface area contributed by atoms with Gasteiger partial charge in [0.05, 0.1) is 15.5 Å². The van der Waals surface area contributed by atoms with E-state index in [0.29, 0.717) is 6.54 Å². The minimum absolute atomic E-state index is 0.114. The van der Waals surface area contributed by atoms with Crippen LogP contribution >= 0.6 is 0 Å². The number of anilines is 1. The quantitative estimate of drug-likeness (QED) is 0.186. The zero-order valence-corrected chi connectivity index (χ0v) is 23.0. The first-order chi connectivity index (χ1) is 19.1. The second-order valence-electron chi connectivity index (χ2n) is 9.04. The highest BCUT2D eigenvalue weighted by Gasteiger charge is 2.33. The van der Waals surface area contributed by atoms with Crippen LogP contribution in [0.3, 0.4) is 0 Å². The molecule has 3 aromatic rings. The predicted molar refractivity (Wildman–Crippen MR) is 148 cm³/mol. The molecule has 0 spiro atoms. The van der Waals surface area contributed by atoms with E-state index >= 15 is 0 Å². The fraction of sp³-hybridized carbons (Fsp3) is 0.286. The molecule has 3 aromatic carbocycles. The van der Waals surface area contributed by atoms with Crippen molar-refractivity contribution in [2.75, 3.05) is 17.4 Å². The van der Waals surface area contributed by atoms with Gasteiger partial charge >= 0.3 is 0 Å². The molecule has 0 fully saturated rings. The first kappa shape index (κ1) is 30.2. The van der Waals surface area contributed by atoms with E-state index in [9.17, 15) is 32.5 Å². The number of carbonyl (C=O) groups excluding carboxylic acids is 2. The van der Waals surface area contributed by atoms with Crippen LogP contribution in [-0.4, -0.2) is 49.2 Å². The number of nitro benzene ring substituents is 1. The normalized spacial score (nSPS) is 11.9. The lowest BCUT2D eigenvalue weighted by molar-refractivity contribution is -0.384. The van der Waals surface area contributed by atoms with Crippen LogP contribution in [0.1, 0.15) is 32.3 Å². The summed E-state index contributed by atoms with van der Waals surface area (Å²) in [4.78, 5) is 38.4. The van der Waals surface area contributed by atoms with Crippen molar-refractivity contribution in [3.05, 3.63) is 100 Å². The van der Waals surface area contributed by atoms with Crippen molar-refractivity contribution >= 4 is 33.2 Å². The number of rotatable bonds is 13. The van der Waals surface area contributed by atoms with Gasteiger partial charge in [-0.25, -0.2) is 12.8 Å². The second-order valence-corrected chi connectivity index (χ2v) is 10.9. The van der Waals surface area contributed by atoms with Gasteiger partial charge in [-0.1, -0.05) is 55.8 Å². The number of hydrogen-bond acceptors (Lipinski definition) is 6. The third-order valence-electron chi connectivity index (χ3n) is 6.23. The molecule has 0 unspecified atom stereocenters. The van der Waals surface area contributed by atoms with Crippen LogP contribution in [0.5, 0.6) is 0 Å². The van der Waals surface area contributed by atoms with Gasteiger partial charge < -0.3 is 10.2 Å². The zero-order chi connectivity index (χ0) is 29.3. The standard InChI is InChI=1S/C28H31FN4O6S/c1-3-4-17-30-28(35)21(2)31(19-22-11-8-9-16-26(22)29)27(34)20-32(23-12-10-13-24(18-23)33(36)37)40(38,39)25-14-6-5-7-15-25/h5-16,18,21H,3-4,17,19-20H2,1-2H3,(H,30,35)/t21-/m0/s1. The number of unbranched alkanes of at least 4 members (excludes halogenated alkanes) is 1. The van der Waals surface area contributed by atoms with E-state index in [1.54, 1.807) is 12.1 Å². The summed E-state index contributed by atoms with van der Waals surface area (Å²) in [6.45, 7) is 2.72. The van der Waals surface area contributed by atoms with Crippen LogP contribution in [-0.2, 0) is 26.2 Å². The molecule has 40 heavy (non-hydrogen) atoms. The van der Waals surface area contributed by atoms with Crippen LogP contribution in [0.25, 0.3) is 0 Å². The van der Waals surface area contributed by atoms with Crippen molar-refractivity contribution in [3.8, 4) is 0 Å². The Kier molecular flexibility index (Phi) is 10.3. The molecular formula is C28H31FN4O6S. The van der Waals surface area contributed by atoms with Gasteiger partial charge in [0.1, 0.15) is 18.4 Å². The topological polar surface area (TPSA) is 130 Å². The summed E-state index contributed by atoms with van der Waals surface area (Å²) in [7, 11) is -4.38. The first-order valence-corrected chi connectivity index (χ1v) is 14.1. The van der Waals surface area contributed by atoms with Crippen molar-refractivity contribution in [2.45, 2.75) is 44.2 Å². The maximum atomic E-state index is 14.6. The summed E-state index contributed by atoms with van der Waals surface area (Å²) in [5, 5.41) is 14.2. The van der Waals surface area contributed by atoms with Crippen LogP contribution in [0.15, 0.2) is 83.8 Å². The lowest BCUT2D eigenvalue weighted by Crippen LogP contribution is -2.51. The first-order valence-electron chi connectivity index (χ1n) is 12.7. The van der Waals surface area contributed by atoms with Gasteiger partial charge in [0, 0.05) is 30.8 Å². The molecule has 0 aromatic heterocycles. The van der Waals surface area contributed by atoms with E-state index in [1.165, 1.54) is 67.6 Å². The Morgan fingerprint density at radius 3 is 2.35 bits per heavy atom. The van der Waals surface area contributed by atoms with Gasteiger partial charge in [0.2, 0.25) is 11.8 Å². The smallest absolute Gasteiger partial charge is 0.271 e. The monoisotopic (exact) mass is 570 g/mol. The summed E-state index contributed by atoms with van der Waals surface area (Å²) in [5.74, 6) is -1.87. The maximum Gasteiger partial charge on any atom is 0.271 e. The van der Waals surface area contributed by atoms with Crippen LogP contribution < -0.4 is 9.62 Å². The largest absolute Gasteiger partial charge is 0.354 e. The summed E-state index contributed by atoms with van der Waals surface area (Å²) in [6, 6.07) is 16.9. The molecule has 212 valence electrons. The van der Waals surface area contributed by atoms with Gasteiger partial charge in [0.25, 0.3) is 15.7 Å². The highest BCUT2D eigenvalue weighted by Crippen LogP contribution is 2.27. The number of halogens is 1. The Balaban J connectivity index is 2.04. The molecule has 12 heteroatoms. The third kappa shape index (κ3) is 7.41. The minimum Gasteiger partial charge on any atom is -0.354 e. The second kappa shape index (κ2) is 13.7. The Morgan fingerprint density at radius 1 is 1.02 bits per heavy atom. The molecule has 0 aliphatic rings. The molecule has 0 radical (unpaired) electrons. The van der Waals surface area contributed by atoms with Gasteiger partial charge in [-0.15, -0.1) is 0 Å². The van der Waals surface area contributed by atoms with Gasteiger partial charge in [-0.05, 0) is 37.6 Å². The summed E-state index contributed by atoms with van der Waals surface area (Å²) >= 11 is 0. The highest BCUT2D eigenvalue weighted by molar-refractivity contribution is 7.92. The number of nitrogens with one attached hydrogen (secondary N) is 1. The molecule has 0 heterocycles. The Hall–Kier alpha value is -4.32. The fourth-order valence-corrected chi connectivity index (χ4v) is 5.37. The number of nitro groups is 1. The Morgan fingerprint density at radius 2 is 1.70 bits per heavy atom. The number of benzene rings is 3. The SMILES string of the molecule is CCCCNC(=O)[C@H](C)N(Cc1ccccc1F)C(=O)CN(c1cccc([N+](=O)[O-])c1)S(=O)(=O)c1ccccc1. The van der Waals surface area contributed by atoms with Crippen LogP contribution in [0.4, 0.5) is 15.8 Å². The molecule has 0 saturated heterocycles. The molecular weight excluding hydrogens is 539 g/mol. The fourth-order valence-electron chi connectivity index (χ4n) is 3.94. The van der Waals surface area contributed by atoms with E-state index in [0.717, 1.165) is 28.1 Å². The Bertz CT molecular complexity index is 1450. The number of nitrogens with zero attached hydrogens (tertiary/aromatic N) is 3. The van der Waals surface area contributed by atoms with E-state index in [-0.39, 0.29) is 28.4 Å². The molecule has 10 nitrogen and oxygen atoms in total. The van der Waals surface area contributed by atoms with E-state index < -0.39 is 45.2 Å². The highest BCUT2D eigenvalue weighted by atomic mass is 32.2. The minimum atomic E-state index is -4.38. The summed E-state index contributed by atoms with van der Waals surface area (Å²) in [6.07, 6.45) is 1.55. The number of amides is 2. The van der Waals surface area contributed by atoms with Gasteiger partial charge in [-0.2, -0.15) is 0 Å². The van der Waals surface area contributed by atoms with Crippen molar-refractivity contribution < 1.29 is 27.3 Å². The molecule has 1 atom stereocenters. The lowest BCUT2D eigenvalue weighted by Gasteiger charge is -2.32. The number of carbonyl (C=O) groups is 2. The molecule has 2 amide bonds. The van der Waals surface area contributed by atoms with Gasteiger partial charge in [0.15, 0.2) is 0 Å². The predicted octanol–water partition coefficient (Wildman–Crippen LogP) is 4.26. The summed E-state index contributed by atoms with van der Waals surface area (Å²) in [5.41, 5.74) is -0.348. The maximum absolute atomic E-state index is 14.6. The number of hydrogen-bond donors (Lipinski definition) is 1. The molecule has 0 saturated carbocycles. The molecule has 0 aliphatic heterocycles. The molecule has 0 aliphatic carbocycles. The summed E-state index contributed by atoms with van der Waals surface area (Å²) < 4.78 is 42.8. The van der Waals surface area contributed by atoms with Crippen LogP contribution in [0, 0.1) is 15.9 Å². The lowest BCUT2D eigenvalue weighted by atomic mass is 10.1. The third-order valence-corrected chi connectivity index (χ3v) is 8.02. The van der Waals surface area contributed by atoms with Crippen molar-refractivity contribution in [2.24, 2.45) is 0 Å². The van der Waals surface area contributed by atoms with Crippen LogP contribution in [0.2, 0.25) is 0 Å². The van der Waals surface area contributed by atoms with E-state index in [1.807, 2.05) is 6.92 Å². The van der Waals surface area contributed by atoms with E-state index in [2.05, 4.69) is 5.32 Å². The van der Waals surface area contributed by atoms with Crippen molar-refractivity contribution in [1.29, 1.82) is 0 Å². The Labute approximate surface area is 232 Å². The number of non-ortho nitro benzene ring substituents is 1. The molecule has 1 N–H and O–H groups in total. The number of sulfonamides is 1. The van der Waals surface area contributed by atoms with Gasteiger partial charge in [-0.3, -0.25) is 24.0 Å².